The van der Waals surface area contributed by atoms with E-state index in [0.29, 0.717) is 35.9 Å². The van der Waals surface area contributed by atoms with Gasteiger partial charge in [-0.15, -0.1) is 0 Å². The van der Waals surface area contributed by atoms with Crippen LogP contribution >= 0.6 is 0 Å². The van der Waals surface area contributed by atoms with Gasteiger partial charge in [0.05, 0.1) is 6.10 Å². The van der Waals surface area contributed by atoms with E-state index in [1.807, 2.05) is 6.08 Å². The smallest absolute Gasteiger partial charge is 0.155 e. The molecule has 150 valence electrons. The molecule has 0 unspecified atom stereocenters. The number of aryl methyl sites for hydroxylation is 1. The summed E-state index contributed by atoms with van der Waals surface area (Å²) in [6, 6.07) is 9.12. The zero-order chi connectivity index (χ0) is 19.7. The van der Waals surface area contributed by atoms with Gasteiger partial charge in [0.15, 0.2) is 5.78 Å². The van der Waals surface area contributed by atoms with Gasteiger partial charge >= 0.3 is 0 Å². The average Bonchev–Trinajstić information content (AvgIpc) is 2.98. The van der Waals surface area contributed by atoms with Gasteiger partial charge in [0.25, 0.3) is 0 Å². The van der Waals surface area contributed by atoms with Crippen molar-refractivity contribution in [2.75, 3.05) is 0 Å². The van der Waals surface area contributed by atoms with Crippen molar-refractivity contribution < 1.29 is 9.90 Å². The van der Waals surface area contributed by atoms with Gasteiger partial charge in [-0.2, -0.15) is 0 Å². The Kier molecular flexibility index (Phi) is 4.18. The molecule has 0 bridgehead atoms. The van der Waals surface area contributed by atoms with Crippen LogP contribution < -0.4 is 0 Å². The Morgan fingerprint density at radius 2 is 1.75 bits per heavy atom. The first kappa shape index (κ1) is 18.6. The van der Waals surface area contributed by atoms with Gasteiger partial charge in [0.1, 0.15) is 0 Å². The summed E-state index contributed by atoms with van der Waals surface area (Å²) >= 11 is 0. The van der Waals surface area contributed by atoms with Crippen LogP contribution in [0, 0.1) is 35.5 Å². The highest BCUT2D eigenvalue weighted by molar-refractivity contribution is 5.91. The van der Waals surface area contributed by atoms with E-state index in [2.05, 4.69) is 45.0 Å². The summed E-state index contributed by atoms with van der Waals surface area (Å²) in [6.07, 6.45) is 9.08. The van der Waals surface area contributed by atoms with Crippen molar-refractivity contribution in [3.05, 3.63) is 47.0 Å². The standard InChI is InChI=1S/C26H34O2/c1-16-4-6-17(7-5-16)20-15-18-14-19(27)10-12-25(18,2)22-11-13-26(3)21(24(20)22)8-9-23(26)28/h4-7,14,20-24,28H,8-13,15H2,1-3H3/t20-,21+,22+,23+,24+,25+,26+/m1/s1. The highest BCUT2D eigenvalue weighted by Gasteiger charge is 2.61. The molecule has 1 aromatic rings. The van der Waals surface area contributed by atoms with Gasteiger partial charge in [-0.3, -0.25) is 4.79 Å². The number of carbonyl (C=O) groups is 1. The molecule has 2 heteroatoms. The molecule has 28 heavy (non-hydrogen) atoms. The molecular formula is C26H34O2. The zero-order valence-electron chi connectivity index (χ0n) is 17.6. The minimum atomic E-state index is -0.144. The van der Waals surface area contributed by atoms with Crippen LogP contribution in [0.5, 0.6) is 0 Å². The molecule has 5 rings (SSSR count). The normalized spacial score (nSPS) is 45.1. The van der Waals surface area contributed by atoms with Crippen LogP contribution in [0.1, 0.15) is 75.8 Å². The highest BCUT2D eigenvalue weighted by atomic mass is 16.3. The third kappa shape index (κ3) is 2.53. The van der Waals surface area contributed by atoms with Crippen molar-refractivity contribution in [3.8, 4) is 0 Å². The van der Waals surface area contributed by atoms with E-state index < -0.39 is 0 Å². The van der Waals surface area contributed by atoms with Crippen LogP contribution in [0.15, 0.2) is 35.9 Å². The Balaban J connectivity index is 1.63. The molecule has 1 aromatic carbocycles. The van der Waals surface area contributed by atoms with Crippen molar-refractivity contribution in [2.45, 2.75) is 77.7 Å². The van der Waals surface area contributed by atoms with Gasteiger partial charge in [-0.25, -0.2) is 0 Å². The Hall–Kier alpha value is -1.41. The summed E-state index contributed by atoms with van der Waals surface area (Å²) in [6.45, 7) is 6.95. The van der Waals surface area contributed by atoms with Crippen LogP contribution in [-0.4, -0.2) is 17.0 Å². The molecule has 4 aliphatic carbocycles. The average molecular weight is 379 g/mol. The lowest BCUT2D eigenvalue weighted by molar-refractivity contribution is -0.118. The van der Waals surface area contributed by atoms with Gasteiger partial charge in [-0.05, 0) is 91.6 Å². The van der Waals surface area contributed by atoms with Crippen molar-refractivity contribution in [2.24, 2.45) is 28.6 Å². The van der Waals surface area contributed by atoms with Gasteiger partial charge in [-0.1, -0.05) is 49.2 Å². The molecule has 4 aliphatic rings. The number of benzene rings is 1. The summed E-state index contributed by atoms with van der Waals surface area (Å²) in [7, 11) is 0. The number of rotatable bonds is 1. The fourth-order valence-corrected chi connectivity index (χ4v) is 7.69. The third-order valence-corrected chi connectivity index (χ3v) is 9.47. The molecule has 0 heterocycles. The second kappa shape index (κ2) is 6.29. The van der Waals surface area contributed by atoms with Crippen LogP contribution in [0.4, 0.5) is 0 Å². The molecule has 7 atom stereocenters. The van der Waals surface area contributed by atoms with E-state index >= 15 is 0 Å². The Bertz CT molecular complexity index is 821. The lowest BCUT2D eigenvalue weighted by atomic mass is 9.44. The number of carbonyl (C=O) groups excluding carboxylic acids is 1. The summed E-state index contributed by atoms with van der Waals surface area (Å²) < 4.78 is 0. The lowest BCUT2D eigenvalue weighted by Crippen LogP contribution is -2.53. The fraction of sp³-hybridized carbons (Fsp3) is 0.654. The molecular weight excluding hydrogens is 344 g/mol. The number of allylic oxidation sites excluding steroid dienone is 1. The molecule has 0 radical (unpaired) electrons. The maximum Gasteiger partial charge on any atom is 0.155 e. The number of hydrogen-bond acceptors (Lipinski definition) is 2. The maximum atomic E-state index is 12.3. The first-order valence-corrected chi connectivity index (χ1v) is 11.3. The summed E-state index contributed by atoms with van der Waals surface area (Å²) in [5.74, 6) is 2.66. The SMILES string of the molecule is Cc1ccc([C@H]2CC3=CC(=O)CC[C@]3(C)[C@H]3CC[C@]4(C)[C@@H](O)CC[C@H]4[C@H]23)cc1. The Morgan fingerprint density at radius 1 is 1.00 bits per heavy atom. The molecule has 0 spiro atoms. The van der Waals surface area contributed by atoms with Crippen LogP contribution in [0.3, 0.4) is 0 Å². The van der Waals surface area contributed by atoms with Crippen molar-refractivity contribution in [3.63, 3.8) is 0 Å². The van der Waals surface area contributed by atoms with E-state index in [4.69, 9.17) is 0 Å². The molecule has 0 aliphatic heterocycles. The van der Waals surface area contributed by atoms with Crippen LogP contribution in [-0.2, 0) is 4.79 Å². The molecule has 1 N–H and O–H groups in total. The molecule has 0 saturated heterocycles. The minimum Gasteiger partial charge on any atom is -0.393 e. The Labute approximate surface area is 169 Å². The second-order valence-electron chi connectivity index (χ2n) is 10.7. The van der Waals surface area contributed by atoms with Crippen molar-refractivity contribution >= 4 is 5.78 Å². The van der Waals surface area contributed by atoms with Crippen LogP contribution in [0.2, 0.25) is 0 Å². The van der Waals surface area contributed by atoms with Crippen molar-refractivity contribution in [1.82, 2.24) is 0 Å². The first-order valence-electron chi connectivity index (χ1n) is 11.3. The molecule has 3 saturated carbocycles. The minimum absolute atomic E-state index is 0.0756. The molecule has 0 amide bonds. The Morgan fingerprint density at radius 3 is 2.50 bits per heavy atom. The van der Waals surface area contributed by atoms with E-state index in [1.54, 1.807) is 0 Å². The summed E-state index contributed by atoms with van der Waals surface area (Å²) in [5.41, 5.74) is 4.41. The predicted octanol–water partition coefficient (Wildman–Crippen LogP) is 5.58. The third-order valence-electron chi connectivity index (χ3n) is 9.47. The number of hydrogen-bond donors (Lipinski definition) is 1. The number of aliphatic hydroxyl groups excluding tert-OH is 1. The second-order valence-corrected chi connectivity index (χ2v) is 10.7. The highest BCUT2D eigenvalue weighted by Crippen LogP contribution is 2.68. The van der Waals surface area contributed by atoms with Gasteiger partial charge < -0.3 is 5.11 Å². The van der Waals surface area contributed by atoms with E-state index in [9.17, 15) is 9.90 Å². The van der Waals surface area contributed by atoms with Gasteiger partial charge in [0.2, 0.25) is 0 Å². The summed E-state index contributed by atoms with van der Waals surface area (Å²) in [4.78, 5) is 12.3. The van der Waals surface area contributed by atoms with Gasteiger partial charge in [0, 0.05) is 6.42 Å². The quantitative estimate of drug-likeness (QED) is 0.692. The first-order chi connectivity index (χ1) is 13.3. The molecule has 3 fully saturated rings. The van der Waals surface area contributed by atoms with Crippen LogP contribution in [0.25, 0.3) is 0 Å². The zero-order valence-corrected chi connectivity index (χ0v) is 17.6. The van der Waals surface area contributed by atoms with E-state index in [0.717, 1.165) is 32.1 Å². The monoisotopic (exact) mass is 378 g/mol. The fourth-order valence-electron chi connectivity index (χ4n) is 7.69. The van der Waals surface area contributed by atoms with E-state index in [1.165, 1.54) is 23.1 Å². The maximum absolute atomic E-state index is 12.3. The topological polar surface area (TPSA) is 37.3 Å². The molecule has 2 nitrogen and oxygen atoms in total. The lowest BCUT2D eigenvalue weighted by Gasteiger charge is -2.60. The predicted molar refractivity (Wildman–Crippen MR) is 112 cm³/mol. The molecule has 0 aromatic heterocycles. The number of aliphatic hydroxyl groups is 1. The number of ketones is 1. The number of fused-ring (bicyclic) bond motifs is 5. The largest absolute Gasteiger partial charge is 0.393 e. The van der Waals surface area contributed by atoms with Crippen molar-refractivity contribution in [1.29, 1.82) is 0 Å². The summed E-state index contributed by atoms with van der Waals surface area (Å²) in [5, 5.41) is 10.8. The van der Waals surface area contributed by atoms with E-state index in [-0.39, 0.29) is 16.9 Å².